The lowest BCUT2D eigenvalue weighted by atomic mass is 9.85. The number of hydrogen-bond donors (Lipinski definition) is 0. The molecule has 0 aromatic heterocycles. The second-order valence-electron chi connectivity index (χ2n) is 8.12. The van der Waals surface area contributed by atoms with Crippen LogP contribution in [0.25, 0.3) is 0 Å². The molecular formula is C23H30N2O. The van der Waals surface area contributed by atoms with Gasteiger partial charge in [0.05, 0.1) is 0 Å². The summed E-state index contributed by atoms with van der Waals surface area (Å²) < 4.78 is 0. The van der Waals surface area contributed by atoms with Gasteiger partial charge in [-0.05, 0) is 29.0 Å². The molecule has 138 valence electrons. The van der Waals surface area contributed by atoms with E-state index >= 15 is 0 Å². The molecule has 1 saturated heterocycles. The molecule has 0 aliphatic carbocycles. The van der Waals surface area contributed by atoms with Crippen molar-refractivity contribution in [1.29, 1.82) is 0 Å². The molecule has 3 rings (SSSR count). The highest BCUT2D eigenvalue weighted by Crippen LogP contribution is 2.32. The van der Waals surface area contributed by atoms with Gasteiger partial charge in [-0.25, -0.2) is 0 Å². The molecule has 0 atom stereocenters. The lowest BCUT2D eigenvalue weighted by molar-refractivity contribution is -0.131. The molecule has 2 aromatic carbocycles. The van der Waals surface area contributed by atoms with Crippen LogP contribution in [0.1, 0.15) is 38.3 Å². The minimum absolute atomic E-state index is 0.124. The molecule has 0 spiro atoms. The van der Waals surface area contributed by atoms with Crippen LogP contribution in [0.4, 0.5) is 5.69 Å². The number of benzene rings is 2. The van der Waals surface area contributed by atoms with Crippen molar-refractivity contribution in [1.82, 2.24) is 4.90 Å². The van der Waals surface area contributed by atoms with E-state index in [4.69, 9.17) is 0 Å². The van der Waals surface area contributed by atoms with Crippen LogP contribution in [0.2, 0.25) is 0 Å². The monoisotopic (exact) mass is 350 g/mol. The summed E-state index contributed by atoms with van der Waals surface area (Å²) in [5.41, 5.74) is 4.05. The van der Waals surface area contributed by atoms with E-state index < -0.39 is 0 Å². The number of carbonyl (C=O) groups excluding carboxylic acids is 1. The average molecular weight is 351 g/mol. The zero-order valence-electron chi connectivity index (χ0n) is 16.2. The minimum Gasteiger partial charge on any atom is -0.368 e. The van der Waals surface area contributed by atoms with Crippen LogP contribution in [-0.4, -0.2) is 37.0 Å². The number of anilines is 1. The Morgan fingerprint density at radius 2 is 1.50 bits per heavy atom. The van der Waals surface area contributed by atoms with Gasteiger partial charge in [-0.15, -0.1) is 0 Å². The van der Waals surface area contributed by atoms with E-state index in [1.807, 2.05) is 23.1 Å². The Hall–Kier alpha value is -2.29. The lowest BCUT2D eigenvalue weighted by Crippen LogP contribution is -2.49. The molecular weight excluding hydrogens is 320 g/mol. The van der Waals surface area contributed by atoms with Crippen LogP contribution in [0, 0.1) is 0 Å². The number of hydrogen-bond acceptors (Lipinski definition) is 2. The van der Waals surface area contributed by atoms with Gasteiger partial charge in [-0.3, -0.25) is 4.79 Å². The zero-order valence-corrected chi connectivity index (χ0v) is 16.2. The highest BCUT2D eigenvalue weighted by molar-refractivity contribution is 5.77. The molecule has 1 aliphatic rings. The van der Waals surface area contributed by atoms with Gasteiger partial charge in [0.1, 0.15) is 0 Å². The maximum atomic E-state index is 12.5. The minimum atomic E-state index is 0.124. The zero-order chi connectivity index (χ0) is 18.6. The molecule has 3 nitrogen and oxygen atoms in total. The first kappa shape index (κ1) is 18.5. The van der Waals surface area contributed by atoms with Gasteiger partial charge >= 0.3 is 0 Å². The van der Waals surface area contributed by atoms with E-state index in [1.54, 1.807) is 0 Å². The smallest absolute Gasteiger partial charge is 0.223 e. The van der Waals surface area contributed by atoms with Crippen LogP contribution in [0.3, 0.4) is 0 Å². The molecule has 1 fully saturated rings. The van der Waals surface area contributed by atoms with E-state index in [-0.39, 0.29) is 11.3 Å². The van der Waals surface area contributed by atoms with Crippen molar-refractivity contribution in [3.63, 3.8) is 0 Å². The van der Waals surface area contributed by atoms with Crippen molar-refractivity contribution >= 4 is 11.6 Å². The molecule has 0 N–H and O–H groups in total. The van der Waals surface area contributed by atoms with Crippen molar-refractivity contribution in [2.75, 3.05) is 31.1 Å². The first-order valence-electron chi connectivity index (χ1n) is 9.61. The third-order valence-corrected chi connectivity index (χ3v) is 5.16. The largest absolute Gasteiger partial charge is 0.368 e. The van der Waals surface area contributed by atoms with Crippen LogP contribution >= 0.6 is 0 Å². The molecule has 0 bridgehead atoms. The van der Waals surface area contributed by atoms with Gasteiger partial charge in [-0.2, -0.15) is 0 Å². The standard InChI is InChI=1S/C23H30N2O/c1-23(2,3)20-11-7-8-12-21(20)24-15-17-25(18-16-24)22(26)14-13-19-9-5-4-6-10-19/h4-12H,13-18H2,1-3H3. The maximum Gasteiger partial charge on any atom is 0.223 e. The van der Waals surface area contributed by atoms with Crippen LogP contribution in [0.15, 0.2) is 54.6 Å². The van der Waals surface area contributed by atoms with E-state index in [9.17, 15) is 4.79 Å². The van der Waals surface area contributed by atoms with E-state index in [0.717, 1.165) is 32.6 Å². The highest BCUT2D eigenvalue weighted by Gasteiger charge is 2.25. The molecule has 0 unspecified atom stereocenters. The Labute approximate surface area is 157 Å². The van der Waals surface area contributed by atoms with Gasteiger partial charge in [0.15, 0.2) is 0 Å². The fourth-order valence-electron chi connectivity index (χ4n) is 3.63. The quantitative estimate of drug-likeness (QED) is 0.822. The average Bonchev–Trinajstić information content (AvgIpc) is 2.66. The molecule has 26 heavy (non-hydrogen) atoms. The summed E-state index contributed by atoms with van der Waals surface area (Å²) in [5, 5.41) is 0. The molecule has 0 saturated carbocycles. The van der Waals surface area contributed by atoms with Crippen molar-refractivity contribution in [2.45, 2.75) is 39.0 Å². The predicted molar refractivity (Wildman–Crippen MR) is 109 cm³/mol. The normalized spacial score (nSPS) is 15.2. The van der Waals surface area contributed by atoms with Gasteiger partial charge < -0.3 is 9.80 Å². The summed E-state index contributed by atoms with van der Waals surface area (Å²) in [7, 11) is 0. The lowest BCUT2D eigenvalue weighted by Gasteiger charge is -2.38. The number of nitrogens with zero attached hydrogens (tertiary/aromatic N) is 2. The van der Waals surface area contributed by atoms with Crippen LogP contribution < -0.4 is 4.90 Å². The van der Waals surface area contributed by atoms with E-state index in [0.29, 0.717) is 6.42 Å². The molecule has 3 heteroatoms. The Balaban J connectivity index is 1.57. The summed E-state index contributed by atoms with van der Waals surface area (Å²) >= 11 is 0. The predicted octanol–water partition coefficient (Wildman–Crippen LogP) is 4.27. The number of piperazine rings is 1. The first-order valence-corrected chi connectivity index (χ1v) is 9.61. The Morgan fingerprint density at radius 1 is 0.885 bits per heavy atom. The van der Waals surface area contributed by atoms with Crippen molar-refractivity contribution < 1.29 is 4.79 Å². The van der Waals surface area contributed by atoms with Gasteiger partial charge in [0.25, 0.3) is 0 Å². The topological polar surface area (TPSA) is 23.6 Å². The molecule has 2 aromatic rings. The van der Waals surface area contributed by atoms with Crippen molar-refractivity contribution in [2.24, 2.45) is 0 Å². The summed E-state index contributed by atoms with van der Waals surface area (Å²) in [5.74, 6) is 0.276. The van der Waals surface area contributed by atoms with Gasteiger partial charge in [0.2, 0.25) is 5.91 Å². The second kappa shape index (κ2) is 7.94. The summed E-state index contributed by atoms with van der Waals surface area (Å²) in [4.78, 5) is 17.0. The van der Waals surface area contributed by atoms with Crippen molar-refractivity contribution in [3.8, 4) is 0 Å². The van der Waals surface area contributed by atoms with E-state index in [2.05, 4.69) is 62.1 Å². The number of carbonyl (C=O) groups is 1. The highest BCUT2D eigenvalue weighted by atomic mass is 16.2. The molecule has 0 radical (unpaired) electrons. The maximum absolute atomic E-state index is 12.5. The summed E-state index contributed by atoms with van der Waals surface area (Å²) in [6.07, 6.45) is 1.43. The van der Waals surface area contributed by atoms with Gasteiger partial charge in [-0.1, -0.05) is 69.3 Å². The second-order valence-corrected chi connectivity index (χ2v) is 8.12. The third-order valence-electron chi connectivity index (χ3n) is 5.16. The Kier molecular flexibility index (Phi) is 5.65. The summed E-state index contributed by atoms with van der Waals surface area (Å²) in [6, 6.07) is 18.9. The van der Waals surface area contributed by atoms with Gasteiger partial charge in [0, 0.05) is 38.3 Å². The Morgan fingerprint density at radius 3 is 2.15 bits per heavy atom. The van der Waals surface area contributed by atoms with Crippen LogP contribution in [0.5, 0.6) is 0 Å². The Bertz CT molecular complexity index is 725. The number of amides is 1. The van der Waals surface area contributed by atoms with E-state index in [1.165, 1.54) is 16.8 Å². The third kappa shape index (κ3) is 4.46. The fourth-order valence-corrected chi connectivity index (χ4v) is 3.63. The SMILES string of the molecule is CC(C)(C)c1ccccc1N1CCN(C(=O)CCc2ccccc2)CC1. The molecule has 1 aliphatic heterocycles. The summed E-state index contributed by atoms with van der Waals surface area (Å²) in [6.45, 7) is 10.2. The van der Waals surface area contributed by atoms with Crippen molar-refractivity contribution in [3.05, 3.63) is 65.7 Å². The fraction of sp³-hybridized carbons (Fsp3) is 0.435. The van der Waals surface area contributed by atoms with Crippen LogP contribution in [-0.2, 0) is 16.6 Å². The number of para-hydroxylation sites is 1. The number of rotatable bonds is 4. The first-order chi connectivity index (χ1) is 12.4. The molecule has 1 amide bonds. The molecule has 1 heterocycles. The number of aryl methyl sites for hydroxylation is 1.